The van der Waals surface area contributed by atoms with Gasteiger partial charge in [0.1, 0.15) is 0 Å². The van der Waals surface area contributed by atoms with Crippen molar-refractivity contribution >= 4 is 13.3 Å². The average molecular weight is 290 g/mol. The first kappa shape index (κ1) is 18.4. The molecule has 0 aromatic rings. The molecule has 1 atom stereocenters. The largest absolute Gasteiger partial charge is 0.478 e. The molecular formula is C14H27O4P. The van der Waals surface area contributed by atoms with Crippen LogP contribution in [0.5, 0.6) is 0 Å². The Labute approximate surface area is 116 Å². The molecule has 112 valence electrons. The predicted molar refractivity (Wildman–Crippen MR) is 79.0 cm³/mol. The van der Waals surface area contributed by atoms with Crippen molar-refractivity contribution in [3.8, 4) is 0 Å². The molecule has 1 unspecified atom stereocenters. The molecule has 0 saturated carbocycles. The van der Waals surface area contributed by atoms with E-state index in [9.17, 15) is 14.5 Å². The second kappa shape index (κ2) is 7.25. The van der Waals surface area contributed by atoms with Gasteiger partial charge in [0, 0.05) is 11.7 Å². The van der Waals surface area contributed by atoms with Crippen molar-refractivity contribution in [2.24, 2.45) is 11.3 Å². The molecule has 0 aliphatic rings. The first-order chi connectivity index (χ1) is 8.49. The summed E-state index contributed by atoms with van der Waals surface area (Å²) in [7, 11) is -2.92. The van der Waals surface area contributed by atoms with Crippen LogP contribution in [0.25, 0.3) is 0 Å². The summed E-state index contributed by atoms with van der Waals surface area (Å²) >= 11 is 0. The standard InChI is InChI=1S/C14H27O4P/c1-7-18-19(17,9-11(2)3)10-12(13(15)16)8-14(4,5)6/h8,11H,7,9-10H2,1-6H3,(H,15,16)/b12-8-. The Morgan fingerprint density at radius 2 is 1.89 bits per heavy atom. The Balaban J connectivity index is 5.23. The Bertz CT molecular complexity index is 377. The van der Waals surface area contributed by atoms with Crippen LogP contribution in [0.4, 0.5) is 0 Å². The van der Waals surface area contributed by atoms with Crippen LogP contribution >= 0.6 is 7.37 Å². The van der Waals surface area contributed by atoms with Gasteiger partial charge in [0.25, 0.3) is 0 Å². The third kappa shape index (κ3) is 8.22. The number of hydrogen-bond acceptors (Lipinski definition) is 3. The molecular weight excluding hydrogens is 263 g/mol. The van der Waals surface area contributed by atoms with Crippen LogP contribution in [0.2, 0.25) is 0 Å². The summed E-state index contributed by atoms with van der Waals surface area (Å²) in [5, 5.41) is 9.26. The third-order valence-electron chi connectivity index (χ3n) is 2.30. The van der Waals surface area contributed by atoms with Crippen molar-refractivity contribution in [3.05, 3.63) is 11.6 Å². The lowest BCUT2D eigenvalue weighted by atomic mass is 9.94. The fourth-order valence-corrected chi connectivity index (χ4v) is 4.57. The number of rotatable bonds is 7. The molecule has 19 heavy (non-hydrogen) atoms. The Morgan fingerprint density at radius 3 is 2.21 bits per heavy atom. The molecule has 0 aliphatic heterocycles. The summed E-state index contributed by atoms with van der Waals surface area (Å²) in [6.07, 6.45) is 2.09. The van der Waals surface area contributed by atoms with Crippen molar-refractivity contribution in [2.45, 2.75) is 41.5 Å². The van der Waals surface area contributed by atoms with E-state index in [0.29, 0.717) is 12.8 Å². The lowest BCUT2D eigenvalue weighted by Crippen LogP contribution is -2.14. The predicted octanol–water partition coefficient (Wildman–Crippen LogP) is 4.01. The molecule has 4 nitrogen and oxygen atoms in total. The van der Waals surface area contributed by atoms with Gasteiger partial charge in [0.05, 0.1) is 12.8 Å². The van der Waals surface area contributed by atoms with Crippen molar-refractivity contribution in [1.29, 1.82) is 0 Å². The van der Waals surface area contributed by atoms with Gasteiger partial charge >= 0.3 is 5.97 Å². The molecule has 0 spiro atoms. The number of carboxylic acids is 1. The molecule has 0 aromatic carbocycles. The van der Waals surface area contributed by atoms with Gasteiger partial charge in [-0.1, -0.05) is 40.7 Å². The molecule has 0 radical (unpaired) electrons. The zero-order valence-electron chi connectivity index (χ0n) is 12.9. The van der Waals surface area contributed by atoms with Gasteiger partial charge in [-0.15, -0.1) is 0 Å². The normalized spacial score (nSPS) is 16.5. The van der Waals surface area contributed by atoms with Gasteiger partial charge in [-0.3, -0.25) is 4.57 Å². The van der Waals surface area contributed by atoms with Crippen LogP contribution in [0.1, 0.15) is 41.5 Å². The van der Waals surface area contributed by atoms with Crippen LogP contribution < -0.4 is 0 Å². The summed E-state index contributed by atoms with van der Waals surface area (Å²) in [6, 6.07) is 0. The fraction of sp³-hybridized carbons (Fsp3) is 0.786. The van der Waals surface area contributed by atoms with Crippen LogP contribution in [0.3, 0.4) is 0 Å². The Kier molecular flexibility index (Phi) is 7.02. The number of carboxylic acid groups (broad SMARTS) is 1. The highest BCUT2D eigenvalue weighted by molar-refractivity contribution is 7.59. The molecule has 5 heteroatoms. The topological polar surface area (TPSA) is 63.6 Å². The SMILES string of the molecule is CCOP(=O)(C/C(=C/C(C)(C)C)C(=O)O)CC(C)C. The number of aliphatic carboxylic acids is 1. The van der Waals surface area contributed by atoms with Gasteiger partial charge in [-0.25, -0.2) is 4.79 Å². The van der Waals surface area contributed by atoms with E-state index in [1.54, 1.807) is 13.0 Å². The number of hydrogen-bond donors (Lipinski definition) is 1. The van der Waals surface area contributed by atoms with Gasteiger partial charge in [-0.2, -0.15) is 0 Å². The van der Waals surface area contributed by atoms with Crippen LogP contribution in [0, 0.1) is 11.3 Å². The second-order valence-electron chi connectivity index (χ2n) is 6.31. The fourth-order valence-electron chi connectivity index (χ4n) is 1.91. The molecule has 0 rings (SSSR count). The van der Waals surface area contributed by atoms with E-state index < -0.39 is 13.3 Å². The minimum atomic E-state index is -2.92. The lowest BCUT2D eigenvalue weighted by Gasteiger charge is -2.21. The molecule has 0 amide bonds. The molecule has 0 aliphatic carbocycles. The zero-order valence-corrected chi connectivity index (χ0v) is 13.8. The number of carbonyl (C=O) groups is 1. The maximum Gasteiger partial charge on any atom is 0.331 e. The van der Waals surface area contributed by atoms with E-state index in [4.69, 9.17) is 4.52 Å². The minimum Gasteiger partial charge on any atom is -0.478 e. The molecule has 0 aromatic heterocycles. The van der Waals surface area contributed by atoms with Crippen molar-refractivity contribution in [1.82, 2.24) is 0 Å². The van der Waals surface area contributed by atoms with Gasteiger partial charge in [-0.05, 0) is 18.3 Å². The summed E-state index contributed by atoms with van der Waals surface area (Å²) in [5.74, 6) is -0.805. The minimum absolute atomic E-state index is 0.00558. The molecule has 0 saturated heterocycles. The van der Waals surface area contributed by atoms with E-state index in [2.05, 4.69) is 0 Å². The van der Waals surface area contributed by atoms with Crippen molar-refractivity contribution < 1.29 is 19.0 Å². The van der Waals surface area contributed by atoms with E-state index in [0.717, 1.165) is 0 Å². The quantitative estimate of drug-likeness (QED) is 0.568. The lowest BCUT2D eigenvalue weighted by molar-refractivity contribution is -0.132. The average Bonchev–Trinajstić information content (AvgIpc) is 2.12. The summed E-state index contributed by atoms with van der Waals surface area (Å²) in [5.41, 5.74) is -0.0762. The van der Waals surface area contributed by atoms with Crippen LogP contribution in [-0.4, -0.2) is 30.0 Å². The summed E-state index contributed by atoms with van der Waals surface area (Å²) in [6.45, 7) is 11.8. The smallest absolute Gasteiger partial charge is 0.331 e. The van der Waals surface area contributed by atoms with Gasteiger partial charge in [0.2, 0.25) is 7.37 Å². The highest BCUT2D eigenvalue weighted by atomic mass is 31.2. The molecule has 1 N–H and O–H groups in total. The maximum absolute atomic E-state index is 12.7. The van der Waals surface area contributed by atoms with Gasteiger partial charge < -0.3 is 9.63 Å². The first-order valence-electron chi connectivity index (χ1n) is 6.66. The van der Waals surface area contributed by atoms with Crippen LogP contribution in [0.15, 0.2) is 11.6 Å². The van der Waals surface area contributed by atoms with Crippen molar-refractivity contribution in [3.63, 3.8) is 0 Å². The first-order valence-corrected chi connectivity index (χ1v) is 8.66. The Morgan fingerprint density at radius 1 is 1.37 bits per heavy atom. The van der Waals surface area contributed by atoms with E-state index >= 15 is 0 Å². The second-order valence-corrected chi connectivity index (χ2v) is 8.88. The van der Waals surface area contributed by atoms with E-state index in [1.807, 2.05) is 34.6 Å². The monoisotopic (exact) mass is 290 g/mol. The highest BCUT2D eigenvalue weighted by Gasteiger charge is 2.29. The van der Waals surface area contributed by atoms with Crippen LogP contribution in [-0.2, 0) is 13.9 Å². The van der Waals surface area contributed by atoms with E-state index in [1.165, 1.54) is 0 Å². The third-order valence-corrected chi connectivity index (χ3v) is 5.14. The van der Waals surface area contributed by atoms with Crippen molar-refractivity contribution in [2.75, 3.05) is 18.9 Å². The van der Waals surface area contributed by atoms with Gasteiger partial charge in [0.15, 0.2) is 0 Å². The summed E-state index contributed by atoms with van der Waals surface area (Å²) < 4.78 is 18.1. The highest BCUT2D eigenvalue weighted by Crippen LogP contribution is 2.50. The maximum atomic E-state index is 12.7. The van der Waals surface area contributed by atoms with E-state index in [-0.39, 0.29) is 23.1 Å². The molecule has 0 bridgehead atoms. The zero-order chi connectivity index (χ0) is 15.3. The summed E-state index contributed by atoms with van der Waals surface area (Å²) in [4.78, 5) is 11.3. The molecule has 0 heterocycles. The molecule has 0 fully saturated rings. The number of allylic oxidation sites excluding steroid dienone is 1. The Hall–Kier alpha value is -0.600.